The Morgan fingerprint density at radius 2 is 2.25 bits per heavy atom. The number of H-pyrrole nitrogens is 1. The Hall–Kier alpha value is -2.37. The van der Waals surface area contributed by atoms with E-state index < -0.39 is 5.91 Å². The molecule has 0 saturated heterocycles. The van der Waals surface area contributed by atoms with E-state index in [4.69, 9.17) is 5.73 Å². The second kappa shape index (κ2) is 5.73. The van der Waals surface area contributed by atoms with E-state index in [1.807, 2.05) is 6.92 Å². The van der Waals surface area contributed by atoms with E-state index >= 15 is 0 Å². The minimum absolute atomic E-state index is 0.162. The SMILES string of the molecule is CCCc1[nH]nc(C(=O)Nc2ccc(F)c(C)c2)c1N. The van der Waals surface area contributed by atoms with Gasteiger partial charge >= 0.3 is 0 Å². The molecular formula is C14H17FN4O. The molecule has 0 saturated carbocycles. The maximum atomic E-state index is 13.2. The molecular weight excluding hydrogens is 259 g/mol. The fraction of sp³-hybridized carbons (Fsp3) is 0.286. The smallest absolute Gasteiger partial charge is 0.278 e. The van der Waals surface area contributed by atoms with Crippen molar-refractivity contribution in [1.29, 1.82) is 0 Å². The lowest BCUT2D eigenvalue weighted by molar-refractivity contribution is 0.102. The van der Waals surface area contributed by atoms with Crippen molar-refractivity contribution >= 4 is 17.3 Å². The summed E-state index contributed by atoms with van der Waals surface area (Å²) in [4.78, 5) is 12.1. The van der Waals surface area contributed by atoms with Crippen LogP contribution in [-0.2, 0) is 6.42 Å². The topological polar surface area (TPSA) is 83.8 Å². The van der Waals surface area contributed by atoms with E-state index in [9.17, 15) is 9.18 Å². The summed E-state index contributed by atoms with van der Waals surface area (Å²) in [6.45, 7) is 3.65. The summed E-state index contributed by atoms with van der Waals surface area (Å²) in [6.07, 6.45) is 1.65. The minimum Gasteiger partial charge on any atom is -0.395 e. The number of aromatic nitrogens is 2. The molecule has 5 nitrogen and oxygen atoms in total. The van der Waals surface area contributed by atoms with Crippen LogP contribution in [0.4, 0.5) is 15.8 Å². The number of nitrogen functional groups attached to an aromatic ring is 1. The predicted molar refractivity (Wildman–Crippen MR) is 76.1 cm³/mol. The summed E-state index contributed by atoms with van der Waals surface area (Å²) in [6, 6.07) is 4.36. The normalized spacial score (nSPS) is 10.6. The lowest BCUT2D eigenvalue weighted by atomic mass is 10.2. The number of anilines is 2. The Morgan fingerprint density at radius 1 is 1.50 bits per heavy atom. The van der Waals surface area contributed by atoms with Crippen LogP contribution in [-0.4, -0.2) is 16.1 Å². The summed E-state index contributed by atoms with van der Waals surface area (Å²) in [5, 5.41) is 9.36. The van der Waals surface area contributed by atoms with Gasteiger partial charge in [0.05, 0.1) is 11.4 Å². The van der Waals surface area contributed by atoms with Crippen molar-refractivity contribution in [2.24, 2.45) is 0 Å². The fourth-order valence-electron chi connectivity index (χ4n) is 1.91. The van der Waals surface area contributed by atoms with Crippen molar-refractivity contribution in [3.63, 3.8) is 0 Å². The number of nitrogens with zero attached hydrogens (tertiary/aromatic N) is 1. The third-order valence-electron chi connectivity index (χ3n) is 3.01. The van der Waals surface area contributed by atoms with Crippen molar-refractivity contribution < 1.29 is 9.18 Å². The fourth-order valence-corrected chi connectivity index (χ4v) is 1.91. The monoisotopic (exact) mass is 276 g/mol. The Kier molecular flexibility index (Phi) is 4.02. The second-order valence-electron chi connectivity index (χ2n) is 4.63. The Balaban J connectivity index is 2.17. The van der Waals surface area contributed by atoms with Crippen LogP contribution in [0.15, 0.2) is 18.2 Å². The van der Waals surface area contributed by atoms with Gasteiger partial charge in [0, 0.05) is 5.69 Å². The average Bonchev–Trinajstić information content (AvgIpc) is 2.76. The number of hydrogen-bond acceptors (Lipinski definition) is 3. The minimum atomic E-state index is -0.410. The summed E-state index contributed by atoms with van der Waals surface area (Å²) in [5.74, 6) is -0.723. The Labute approximate surface area is 116 Å². The molecule has 1 aromatic carbocycles. The van der Waals surface area contributed by atoms with Crippen molar-refractivity contribution in [2.45, 2.75) is 26.7 Å². The van der Waals surface area contributed by atoms with Crippen LogP contribution in [0.25, 0.3) is 0 Å². The van der Waals surface area contributed by atoms with E-state index in [-0.39, 0.29) is 11.5 Å². The largest absolute Gasteiger partial charge is 0.395 e. The third-order valence-corrected chi connectivity index (χ3v) is 3.01. The van der Waals surface area contributed by atoms with Gasteiger partial charge in [-0.3, -0.25) is 9.89 Å². The number of amides is 1. The first-order chi connectivity index (χ1) is 9.52. The lowest BCUT2D eigenvalue weighted by Crippen LogP contribution is -2.14. The Morgan fingerprint density at radius 3 is 2.90 bits per heavy atom. The van der Waals surface area contributed by atoms with Crippen molar-refractivity contribution in [1.82, 2.24) is 10.2 Å². The molecule has 0 spiro atoms. The number of halogens is 1. The van der Waals surface area contributed by atoms with E-state index in [1.165, 1.54) is 12.1 Å². The second-order valence-corrected chi connectivity index (χ2v) is 4.63. The number of hydrogen-bond donors (Lipinski definition) is 3. The molecule has 1 amide bonds. The third kappa shape index (κ3) is 2.79. The highest BCUT2D eigenvalue weighted by atomic mass is 19.1. The summed E-state index contributed by atoms with van der Waals surface area (Å²) < 4.78 is 13.2. The van der Waals surface area contributed by atoms with E-state index in [0.29, 0.717) is 16.9 Å². The summed E-state index contributed by atoms with van der Waals surface area (Å²) >= 11 is 0. The van der Waals surface area contributed by atoms with Crippen molar-refractivity contribution in [3.05, 3.63) is 41.0 Å². The molecule has 1 heterocycles. The van der Waals surface area contributed by atoms with Gasteiger partial charge < -0.3 is 11.1 Å². The van der Waals surface area contributed by atoms with Gasteiger partial charge in [-0.05, 0) is 37.1 Å². The van der Waals surface area contributed by atoms with E-state index in [2.05, 4.69) is 15.5 Å². The molecule has 106 valence electrons. The van der Waals surface area contributed by atoms with Crippen LogP contribution in [0, 0.1) is 12.7 Å². The summed E-state index contributed by atoms with van der Waals surface area (Å²) in [7, 11) is 0. The molecule has 6 heteroatoms. The molecule has 2 rings (SSSR count). The Bertz CT molecular complexity index is 636. The van der Waals surface area contributed by atoms with Crippen LogP contribution in [0.3, 0.4) is 0 Å². The van der Waals surface area contributed by atoms with Gasteiger partial charge in [-0.15, -0.1) is 0 Å². The van der Waals surface area contributed by atoms with Gasteiger partial charge in [0.2, 0.25) is 0 Å². The zero-order valence-electron chi connectivity index (χ0n) is 11.5. The number of nitrogens with two attached hydrogens (primary N) is 1. The van der Waals surface area contributed by atoms with Crippen LogP contribution in [0.2, 0.25) is 0 Å². The summed E-state index contributed by atoms with van der Waals surface area (Å²) in [5.41, 5.74) is 8.14. The molecule has 0 fully saturated rings. The van der Waals surface area contributed by atoms with Crippen LogP contribution in [0.5, 0.6) is 0 Å². The van der Waals surface area contributed by atoms with Gasteiger partial charge in [-0.25, -0.2) is 4.39 Å². The molecule has 0 atom stereocenters. The zero-order valence-corrected chi connectivity index (χ0v) is 11.5. The van der Waals surface area contributed by atoms with Gasteiger partial charge in [0.1, 0.15) is 5.82 Å². The van der Waals surface area contributed by atoms with E-state index in [1.54, 1.807) is 13.0 Å². The molecule has 4 N–H and O–H groups in total. The van der Waals surface area contributed by atoms with Gasteiger partial charge in [0.15, 0.2) is 5.69 Å². The number of benzene rings is 1. The van der Waals surface area contributed by atoms with Crippen LogP contribution >= 0.6 is 0 Å². The first-order valence-electron chi connectivity index (χ1n) is 6.43. The zero-order chi connectivity index (χ0) is 14.7. The molecule has 1 aromatic heterocycles. The number of nitrogens with one attached hydrogen (secondary N) is 2. The number of carbonyl (C=O) groups excluding carboxylic acids is 1. The van der Waals surface area contributed by atoms with Gasteiger partial charge in [-0.1, -0.05) is 13.3 Å². The highest BCUT2D eigenvalue weighted by molar-refractivity contribution is 6.06. The number of aryl methyl sites for hydroxylation is 2. The standard InChI is InChI=1S/C14H17FN4O/c1-3-4-11-12(16)13(19-18-11)14(20)17-9-5-6-10(15)8(2)7-9/h5-7H,3-4,16H2,1-2H3,(H,17,20)(H,18,19). The first kappa shape index (κ1) is 14.0. The average molecular weight is 276 g/mol. The maximum Gasteiger partial charge on any atom is 0.278 e. The van der Waals surface area contributed by atoms with E-state index in [0.717, 1.165) is 18.5 Å². The number of carbonyl (C=O) groups is 1. The molecule has 0 aliphatic carbocycles. The molecule has 2 aromatic rings. The molecule has 20 heavy (non-hydrogen) atoms. The molecule has 0 bridgehead atoms. The molecule has 0 radical (unpaired) electrons. The van der Waals surface area contributed by atoms with Crippen LogP contribution in [0.1, 0.15) is 35.1 Å². The molecule has 0 unspecified atom stereocenters. The van der Waals surface area contributed by atoms with Crippen LogP contribution < -0.4 is 11.1 Å². The lowest BCUT2D eigenvalue weighted by Gasteiger charge is -2.05. The van der Waals surface area contributed by atoms with Gasteiger partial charge in [0.25, 0.3) is 5.91 Å². The highest BCUT2D eigenvalue weighted by Gasteiger charge is 2.17. The van der Waals surface area contributed by atoms with Gasteiger partial charge in [-0.2, -0.15) is 5.10 Å². The van der Waals surface area contributed by atoms with Crippen molar-refractivity contribution in [3.8, 4) is 0 Å². The van der Waals surface area contributed by atoms with Crippen molar-refractivity contribution in [2.75, 3.05) is 11.1 Å². The predicted octanol–water partition coefficient (Wildman–Crippen LogP) is 2.64. The first-order valence-corrected chi connectivity index (χ1v) is 6.43. The maximum absolute atomic E-state index is 13.2. The molecule has 0 aliphatic rings. The quantitative estimate of drug-likeness (QED) is 0.802. The molecule has 0 aliphatic heterocycles. The number of rotatable bonds is 4. The number of aromatic amines is 1. The highest BCUT2D eigenvalue weighted by Crippen LogP contribution is 2.18.